The first-order valence-electron chi connectivity index (χ1n) is 7.41. The van der Waals surface area contributed by atoms with Crippen LogP contribution in [0.1, 0.15) is 23.9 Å². The van der Waals surface area contributed by atoms with Crippen molar-refractivity contribution in [3.63, 3.8) is 0 Å². The summed E-state index contributed by atoms with van der Waals surface area (Å²) in [6, 6.07) is 12.3. The van der Waals surface area contributed by atoms with Crippen molar-refractivity contribution in [2.45, 2.75) is 26.9 Å². The number of hydrogen-bond donors (Lipinski definition) is 3. The molecule has 0 bridgehead atoms. The topological polar surface area (TPSA) is 96.9 Å². The van der Waals surface area contributed by atoms with Crippen LogP contribution in [-0.2, 0) is 13.0 Å². The first-order chi connectivity index (χ1) is 11.6. The molecule has 3 rings (SSSR count). The molecule has 0 saturated carbocycles. The highest BCUT2D eigenvalue weighted by Crippen LogP contribution is 2.21. The van der Waals surface area contributed by atoms with Crippen molar-refractivity contribution in [2.75, 3.05) is 5.84 Å². The average molecular weight is 326 g/mol. The maximum atomic E-state index is 10.5. The lowest BCUT2D eigenvalue weighted by atomic mass is 10.0. The van der Waals surface area contributed by atoms with Gasteiger partial charge in [-0.15, -0.1) is 12.8 Å². The smallest absolute Gasteiger partial charge is 0.361 e. The minimum absolute atomic E-state index is 0.122. The van der Waals surface area contributed by atoms with E-state index >= 15 is 0 Å². The fourth-order valence-electron chi connectivity index (χ4n) is 2.23. The number of aryl methyl sites for hydroxylation is 2. The summed E-state index contributed by atoms with van der Waals surface area (Å²) in [6.07, 6.45) is 8.66. The zero-order chi connectivity index (χ0) is 18.1. The van der Waals surface area contributed by atoms with E-state index in [0.717, 1.165) is 10.2 Å². The summed E-state index contributed by atoms with van der Waals surface area (Å²) < 4.78 is 1.00. The Kier molecular flexibility index (Phi) is 7.27. The number of nitrogens with zero attached hydrogens (tertiary/aromatic N) is 2. The molecule has 4 N–H and O–H groups in total. The molecule has 0 spiro atoms. The van der Waals surface area contributed by atoms with Crippen LogP contribution >= 0.6 is 0 Å². The molecule has 2 aromatic carbocycles. The number of H-pyrrole nitrogens is 1. The summed E-state index contributed by atoms with van der Waals surface area (Å²) in [7, 11) is 0. The van der Waals surface area contributed by atoms with E-state index in [2.05, 4.69) is 35.2 Å². The van der Waals surface area contributed by atoms with E-state index in [0.29, 0.717) is 12.2 Å². The molecule has 3 aromatic rings. The minimum Gasteiger partial charge on any atom is -0.392 e. The zero-order valence-electron chi connectivity index (χ0n) is 13.9. The Morgan fingerprint density at radius 3 is 2.42 bits per heavy atom. The molecule has 24 heavy (non-hydrogen) atoms. The summed E-state index contributed by atoms with van der Waals surface area (Å²) in [4.78, 5) is 10.5. The second kappa shape index (κ2) is 9.18. The van der Waals surface area contributed by atoms with Crippen LogP contribution in [0.2, 0.25) is 0 Å². The molecular weight excluding hydrogens is 304 g/mol. The van der Waals surface area contributed by atoms with Crippen molar-refractivity contribution in [1.29, 1.82) is 0 Å². The van der Waals surface area contributed by atoms with Crippen LogP contribution in [0.25, 0.3) is 10.8 Å². The normalized spacial score (nSPS) is 9.54. The van der Waals surface area contributed by atoms with Crippen LogP contribution in [0.15, 0.2) is 41.2 Å². The van der Waals surface area contributed by atoms with E-state index < -0.39 is 0 Å². The molecule has 0 aliphatic heterocycles. The van der Waals surface area contributed by atoms with Gasteiger partial charge >= 0.3 is 5.69 Å². The van der Waals surface area contributed by atoms with Crippen LogP contribution in [0, 0.1) is 19.8 Å². The van der Waals surface area contributed by atoms with Gasteiger partial charge in [-0.3, -0.25) is 0 Å². The van der Waals surface area contributed by atoms with Gasteiger partial charge in [0.25, 0.3) is 0 Å². The number of nitrogens with one attached hydrogen (secondary N) is 1. The van der Waals surface area contributed by atoms with Gasteiger partial charge in [0.1, 0.15) is 0 Å². The number of nitrogen functional groups attached to an aromatic ring is 1. The molecule has 0 radical (unpaired) electrons. The molecule has 0 aliphatic rings. The van der Waals surface area contributed by atoms with Gasteiger partial charge in [-0.25, -0.2) is 9.89 Å². The van der Waals surface area contributed by atoms with Crippen molar-refractivity contribution in [1.82, 2.24) is 14.9 Å². The molecule has 0 aliphatic carbocycles. The molecule has 0 saturated heterocycles. The molecule has 1 heterocycles. The Morgan fingerprint density at radius 1 is 1.25 bits per heavy atom. The third kappa shape index (κ3) is 4.24. The average Bonchev–Trinajstić information content (AvgIpc) is 2.96. The molecule has 0 fully saturated rings. The Morgan fingerprint density at radius 2 is 1.92 bits per heavy atom. The second-order valence-electron chi connectivity index (χ2n) is 4.90. The van der Waals surface area contributed by atoms with Crippen LogP contribution < -0.4 is 11.5 Å². The lowest BCUT2D eigenvalue weighted by Crippen LogP contribution is -2.25. The van der Waals surface area contributed by atoms with Gasteiger partial charge in [-0.05, 0) is 28.8 Å². The Hall–Kier alpha value is -3.04. The third-order valence-corrected chi connectivity index (χ3v) is 3.57. The number of nitrogens with two attached hydrogens (primary N) is 1. The summed E-state index contributed by atoms with van der Waals surface area (Å²) in [5, 5.41) is 17.4. The molecule has 1 aromatic heterocycles. The first kappa shape index (κ1) is 19.0. The number of rotatable bonds is 2. The second-order valence-corrected chi connectivity index (χ2v) is 4.90. The van der Waals surface area contributed by atoms with Crippen molar-refractivity contribution < 1.29 is 5.11 Å². The Balaban J connectivity index is 0.000000230. The standard InChI is InChI=1S/C12H12O.C4H8N4O.C2H2/c1-9-11(8-13)7-6-10-4-2-3-5-12(9)10;1-2-3-6-7-4(9)8(3)5;1-2/h2-7,13H,8H2,1H3;2,5H2,1H3,(H,7,9);1-2H. The molecular formula is C18H22N4O2. The highest BCUT2D eigenvalue weighted by Gasteiger charge is 2.01. The molecule has 6 nitrogen and oxygen atoms in total. The number of aromatic nitrogens is 3. The number of aliphatic hydroxyl groups excluding tert-OH is 1. The fourth-order valence-corrected chi connectivity index (χ4v) is 2.23. The van der Waals surface area contributed by atoms with E-state index in [4.69, 9.17) is 10.9 Å². The maximum absolute atomic E-state index is 10.5. The minimum atomic E-state index is -0.369. The van der Waals surface area contributed by atoms with E-state index in [-0.39, 0.29) is 12.3 Å². The fraction of sp³-hybridized carbons (Fsp3) is 0.222. The van der Waals surface area contributed by atoms with E-state index in [1.54, 1.807) is 0 Å². The highest BCUT2D eigenvalue weighted by molar-refractivity contribution is 5.86. The lowest BCUT2D eigenvalue weighted by Gasteiger charge is -2.06. The number of aliphatic hydroxyl groups is 1. The SMILES string of the molecule is C#C.CCc1n[nH]c(=O)n1N.Cc1c(CO)ccc2ccccc12. The van der Waals surface area contributed by atoms with Gasteiger partial charge in [0.15, 0.2) is 5.82 Å². The van der Waals surface area contributed by atoms with Gasteiger partial charge in [0.05, 0.1) is 6.61 Å². The molecule has 0 amide bonds. The third-order valence-electron chi connectivity index (χ3n) is 3.57. The predicted molar refractivity (Wildman–Crippen MR) is 96.9 cm³/mol. The summed E-state index contributed by atoms with van der Waals surface area (Å²) in [5.41, 5.74) is 1.83. The number of fused-ring (bicyclic) bond motifs is 1. The van der Waals surface area contributed by atoms with Crippen LogP contribution in [0.5, 0.6) is 0 Å². The monoisotopic (exact) mass is 326 g/mol. The number of benzene rings is 2. The van der Waals surface area contributed by atoms with Crippen molar-refractivity contribution in [3.05, 3.63) is 63.8 Å². The summed E-state index contributed by atoms with van der Waals surface area (Å²) >= 11 is 0. The van der Waals surface area contributed by atoms with E-state index in [9.17, 15) is 4.79 Å². The first-order valence-corrected chi connectivity index (χ1v) is 7.41. The quantitative estimate of drug-likeness (QED) is 0.493. The number of hydrogen-bond acceptors (Lipinski definition) is 4. The summed E-state index contributed by atoms with van der Waals surface area (Å²) in [5.74, 6) is 5.79. The Bertz CT molecular complexity index is 862. The number of terminal acetylenes is 1. The van der Waals surface area contributed by atoms with Crippen molar-refractivity contribution in [2.24, 2.45) is 0 Å². The molecule has 0 unspecified atom stereocenters. The Labute approximate surface area is 140 Å². The summed E-state index contributed by atoms with van der Waals surface area (Å²) in [6.45, 7) is 4.05. The lowest BCUT2D eigenvalue weighted by molar-refractivity contribution is 0.281. The van der Waals surface area contributed by atoms with Gasteiger partial charge in [0.2, 0.25) is 0 Å². The van der Waals surface area contributed by atoms with Crippen molar-refractivity contribution in [3.8, 4) is 12.8 Å². The van der Waals surface area contributed by atoms with Crippen LogP contribution in [0.4, 0.5) is 0 Å². The van der Waals surface area contributed by atoms with Crippen LogP contribution in [0.3, 0.4) is 0 Å². The van der Waals surface area contributed by atoms with Crippen LogP contribution in [-0.4, -0.2) is 20.0 Å². The van der Waals surface area contributed by atoms with Gasteiger partial charge in [0, 0.05) is 6.42 Å². The maximum Gasteiger partial charge on any atom is 0.361 e. The predicted octanol–water partition coefficient (Wildman–Crippen LogP) is 1.74. The largest absolute Gasteiger partial charge is 0.392 e. The molecule has 6 heteroatoms. The molecule has 126 valence electrons. The highest BCUT2D eigenvalue weighted by atomic mass is 16.3. The van der Waals surface area contributed by atoms with Gasteiger partial charge < -0.3 is 10.9 Å². The van der Waals surface area contributed by atoms with Gasteiger partial charge in [-0.2, -0.15) is 9.77 Å². The molecule has 0 atom stereocenters. The van der Waals surface area contributed by atoms with E-state index in [1.807, 2.05) is 38.1 Å². The zero-order valence-corrected chi connectivity index (χ0v) is 13.9. The van der Waals surface area contributed by atoms with Gasteiger partial charge in [-0.1, -0.05) is 43.3 Å². The number of aromatic amines is 1. The van der Waals surface area contributed by atoms with Crippen molar-refractivity contribution >= 4 is 10.8 Å². The van der Waals surface area contributed by atoms with E-state index in [1.165, 1.54) is 16.3 Å².